The van der Waals surface area contributed by atoms with Gasteiger partial charge in [0.05, 0.1) is 13.1 Å². The summed E-state index contributed by atoms with van der Waals surface area (Å²) in [7, 11) is 0. The molecule has 2 heterocycles. The number of hydrogen-bond acceptors (Lipinski definition) is 4. The monoisotopic (exact) mass is 412 g/mol. The second kappa shape index (κ2) is 8.18. The maximum absolute atomic E-state index is 12.7. The number of carbonyl (C=O) groups excluding carboxylic acids is 2. The fourth-order valence-corrected chi connectivity index (χ4v) is 2.81. The SMILES string of the molecule is O=C(CCC(=O)N1CC(Oc2cccc(C(F)(F)F)n2)C1)c1ccc(Cl)cc1. The summed E-state index contributed by atoms with van der Waals surface area (Å²) in [5.74, 6) is -0.504. The fraction of sp³-hybridized carbons (Fsp3) is 0.316. The van der Waals surface area contributed by atoms with Crippen LogP contribution in [0.5, 0.6) is 5.88 Å². The molecule has 3 rings (SSSR count). The number of amides is 1. The molecular formula is C19H16ClF3N2O3. The Morgan fingerprint density at radius 3 is 2.43 bits per heavy atom. The van der Waals surface area contributed by atoms with E-state index in [1.165, 1.54) is 17.0 Å². The van der Waals surface area contributed by atoms with E-state index in [1.54, 1.807) is 24.3 Å². The molecule has 0 bridgehead atoms. The molecule has 0 spiro atoms. The van der Waals surface area contributed by atoms with Crippen molar-refractivity contribution in [1.29, 1.82) is 0 Å². The van der Waals surface area contributed by atoms with E-state index in [0.29, 0.717) is 10.6 Å². The van der Waals surface area contributed by atoms with Crippen LogP contribution in [0.1, 0.15) is 28.9 Å². The summed E-state index contributed by atoms with van der Waals surface area (Å²) < 4.78 is 43.4. The number of ketones is 1. The van der Waals surface area contributed by atoms with E-state index in [-0.39, 0.29) is 43.5 Å². The normalized spacial score (nSPS) is 14.5. The van der Waals surface area contributed by atoms with Gasteiger partial charge in [0.15, 0.2) is 5.78 Å². The van der Waals surface area contributed by atoms with Crippen molar-refractivity contribution in [3.8, 4) is 5.88 Å². The first-order valence-corrected chi connectivity index (χ1v) is 8.87. The van der Waals surface area contributed by atoms with Crippen molar-refractivity contribution in [3.63, 3.8) is 0 Å². The Balaban J connectivity index is 1.44. The van der Waals surface area contributed by atoms with Crippen molar-refractivity contribution in [2.75, 3.05) is 13.1 Å². The molecule has 1 aliphatic heterocycles. The number of hydrogen-bond donors (Lipinski definition) is 0. The topological polar surface area (TPSA) is 59.5 Å². The van der Waals surface area contributed by atoms with E-state index in [4.69, 9.17) is 16.3 Å². The fourth-order valence-electron chi connectivity index (χ4n) is 2.68. The molecule has 1 aliphatic rings. The van der Waals surface area contributed by atoms with Crippen molar-refractivity contribution in [3.05, 3.63) is 58.7 Å². The molecule has 0 radical (unpaired) electrons. The average Bonchev–Trinajstić information content (AvgIpc) is 2.62. The third-order valence-corrected chi connectivity index (χ3v) is 4.49. The van der Waals surface area contributed by atoms with Crippen molar-refractivity contribution < 1.29 is 27.5 Å². The standard InChI is InChI=1S/C19H16ClF3N2O3/c20-13-6-4-12(5-7-13)15(26)8-9-18(27)25-10-14(11-25)28-17-3-1-2-16(24-17)19(21,22)23/h1-7,14H,8-11H2. The molecule has 1 aromatic heterocycles. The molecule has 1 amide bonds. The molecule has 28 heavy (non-hydrogen) atoms. The van der Waals surface area contributed by atoms with Crippen LogP contribution in [-0.2, 0) is 11.0 Å². The number of nitrogens with zero attached hydrogens (tertiary/aromatic N) is 2. The first kappa shape index (κ1) is 20.1. The Morgan fingerprint density at radius 1 is 1.11 bits per heavy atom. The average molecular weight is 413 g/mol. The van der Waals surface area contributed by atoms with Gasteiger partial charge in [-0.1, -0.05) is 17.7 Å². The van der Waals surface area contributed by atoms with Crippen LogP contribution >= 0.6 is 11.6 Å². The van der Waals surface area contributed by atoms with Gasteiger partial charge >= 0.3 is 6.18 Å². The van der Waals surface area contributed by atoms with Crippen LogP contribution in [0.3, 0.4) is 0 Å². The van der Waals surface area contributed by atoms with Crippen molar-refractivity contribution in [2.24, 2.45) is 0 Å². The molecule has 0 atom stereocenters. The predicted molar refractivity (Wildman–Crippen MR) is 95.3 cm³/mol. The van der Waals surface area contributed by atoms with Gasteiger partial charge in [0.25, 0.3) is 0 Å². The zero-order chi connectivity index (χ0) is 20.3. The molecular weight excluding hydrogens is 397 g/mol. The van der Waals surface area contributed by atoms with E-state index < -0.39 is 18.0 Å². The maximum atomic E-state index is 12.7. The number of carbonyl (C=O) groups is 2. The molecule has 0 unspecified atom stereocenters. The van der Waals surface area contributed by atoms with E-state index in [1.807, 2.05) is 0 Å². The molecule has 5 nitrogen and oxygen atoms in total. The highest BCUT2D eigenvalue weighted by atomic mass is 35.5. The zero-order valence-electron chi connectivity index (χ0n) is 14.6. The Bertz CT molecular complexity index is 865. The van der Waals surface area contributed by atoms with Crippen LogP contribution < -0.4 is 4.74 Å². The van der Waals surface area contributed by atoms with Crippen molar-refractivity contribution in [2.45, 2.75) is 25.1 Å². The highest BCUT2D eigenvalue weighted by Crippen LogP contribution is 2.29. The lowest BCUT2D eigenvalue weighted by Crippen LogP contribution is -2.56. The maximum Gasteiger partial charge on any atom is 0.433 e. The summed E-state index contributed by atoms with van der Waals surface area (Å²) in [6.07, 6.45) is -4.85. The van der Waals surface area contributed by atoms with E-state index in [9.17, 15) is 22.8 Å². The van der Waals surface area contributed by atoms with Gasteiger partial charge in [-0.25, -0.2) is 4.98 Å². The van der Waals surface area contributed by atoms with Gasteiger partial charge in [-0.15, -0.1) is 0 Å². The third kappa shape index (κ3) is 5.01. The number of halogens is 4. The lowest BCUT2D eigenvalue weighted by Gasteiger charge is -2.38. The summed E-state index contributed by atoms with van der Waals surface area (Å²) >= 11 is 5.77. The molecule has 1 aromatic carbocycles. The first-order valence-electron chi connectivity index (χ1n) is 8.50. The van der Waals surface area contributed by atoms with Crippen LogP contribution in [-0.4, -0.2) is 40.8 Å². The van der Waals surface area contributed by atoms with Crippen LogP contribution in [0, 0.1) is 0 Å². The number of benzene rings is 1. The van der Waals surface area contributed by atoms with Gasteiger partial charge in [-0.05, 0) is 30.3 Å². The lowest BCUT2D eigenvalue weighted by atomic mass is 10.0. The molecule has 0 aliphatic carbocycles. The Hall–Kier alpha value is -2.61. The van der Waals surface area contributed by atoms with Gasteiger partial charge in [0, 0.05) is 29.5 Å². The van der Waals surface area contributed by atoms with Gasteiger partial charge in [-0.3, -0.25) is 9.59 Å². The highest BCUT2D eigenvalue weighted by Gasteiger charge is 2.35. The quantitative estimate of drug-likeness (QED) is 0.673. The Labute approximate surface area is 164 Å². The Morgan fingerprint density at radius 2 is 1.79 bits per heavy atom. The van der Waals surface area contributed by atoms with Gasteiger partial charge in [-0.2, -0.15) is 13.2 Å². The molecule has 148 valence electrons. The molecule has 9 heteroatoms. The summed E-state index contributed by atoms with van der Waals surface area (Å²) in [5, 5.41) is 0.523. The van der Waals surface area contributed by atoms with Crippen molar-refractivity contribution in [1.82, 2.24) is 9.88 Å². The number of Topliss-reactive ketones (excluding diaryl/α,β-unsaturated/α-hetero) is 1. The second-order valence-corrected chi connectivity index (χ2v) is 6.76. The van der Waals surface area contributed by atoms with Gasteiger partial charge in [0.1, 0.15) is 11.8 Å². The summed E-state index contributed by atoms with van der Waals surface area (Å²) in [4.78, 5) is 29.1. The summed E-state index contributed by atoms with van der Waals surface area (Å²) in [6, 6.07) is 9.84. The number of ether oxygens (including phenoxy) is 1. The van der Waals surface area contributed by atoms with E-state index in [0.717, 1.165) is 6.07 Å². The first-order chi connectivity index (χ1) is 13.2. The summed E-state index contributed by atoms with van der Waals surface area (Å²) in [6.45, 7) is 0.484. The minimum absolute atomic E-state index is 0.0516. The van der Waals surface area contributed by atoms with E-state index >= 15 is 0 Å². The largest absolute Gasteiger partial charge is 0.471 e. The van der Waals surface area contributed by atoms with Crippen LogP contribution in [0.2, 0.25) is 5.02 Å². The molecule has 2 aromatic rings. The van der Waals surface area contributed by atoms with Crippen LogP contribution in [0.4, 0.5) is 13.2 Å². The number of aromatic nitrogens is 1. The lowest BCUT2D eigenvalue weighted by molar-refractivity contribution is -0.142. The van der Waals surface area contributed by atoms with Crippen LogP contribution in [0.15, 0.2) is 42.5 Å². The van der Waals surface area contributed by atoms with Gasteiger partial charge in [0.2, 0.25) is 11.8 Å². The zero-order valence-corrected chi connectivity index (χ0v) is 15.3. The minimum atomic E-state index is -4.54. The number of alkyl halides is 3. The molecule has 0 N–H and O–H groups in total. The molecule has 1 saturated heterocycles. The van der Waals surface area contributed by atoms with Crippen molar-refractivity contribution >= 4 is 23.3 Å². The summed E-state index contributed by atoms with van der Waals surface area (Å²) in [5.41, 5.74) is -0.546. The predicted octanol–water partition coefficient (Wildman–Crippen LogP) is 4.01. The number of pyridine rings is 1. The molecule has 0 saturated carbocycles. The number of rotatable bonds is 6. The third-order valence-electron chi connectivity index (χ3n) is 4.23. The minimum Gasteiger partial charge on any atom is -0.471 e. The smallest absolute Gasteiger partial charge is 0.433 e. The number of likely N-dealkylation sites (tertiary alicyclic amines) is 1. The van der Waals surface area contributed by atoms with E-state index in [2.05, 4.69) is 4.98 Å². The Kier molecular flexibility index (Phi) is 5.88. The second-order valence-electron chi connectivity index (χ2n) is 6.33. The molecule has 1 fully saturated rings. The van der Waals surface area contributed by atoms with Gasteiger partial charge < -0.3 is 9.64 Å². The van der Waals surface area contributed by atoms with Crippen LogP contribution in [0.25, 0.3) is 0 Å². The highest BCUT2D eigenvalue weighted by molar-refractivity contribution is 6.30.